The first-order valence-electron chi connectivity index (χ1n) is 4.24. The highest BCUT2D eigenvalue weighted by Gasteiger charge is 2.12. The predicted octanol–water partition coefficient (Wildman–Crippen LogP) is 0.789. The van der Waals surface area contributed by atoms with Crippen LogP contribution in [0.15, 0.2) is 0 Å². The number of nitriles is 1. The molecule has 1 heterocycles. The van der Waals surface area contributed by atoms with E-state index in [-0.39, 0.29) is 0 Å². The van der Waals surface area contributed by atoms with Gasteiger partial charge in [0.05, 0.1) is 0 Å². The summed E-state index contributed by atoms with van der Waals surface area (Å²) in [5, 5.41) is 15.9. The van der Waals surface area contributed by atoms with Crippen molar-refractivity contribution in [3.05, 3.63) is 5.56 Å². The lowest BCUT2D eigenvalue weighted by Crippen LogP contribution is -2.02. The van der Waals surface area contributed by atoms with Gasteiger partial charge < -0.3 is 11.1 Å². The Bertz CT molecular complexity index is 333. The minimum Gasteiger partial charge on any atom is -0.383 e. The highest BCUT2D eigenvalue weighted by atomic mass is 15.3. The molecule has 13 heavy (non-hydrogen) atoms. The zero-order valence-corrected chi connectivity index (χ0v) is 7.83. The maximum Gasteiger partial charge on any atom is 0.168 e. The third-order valence-corrected chi connectivity index (χ3v) is 1.75. The molecule has 70 valence electrons. The van der Waals surface area contributed by atoms with E-state index in [0.29, 0.717) is 23.7 Å². The Kier molecular flexibility index (Phi) is 2.75. The van der Waals surface area contributed by atoms with E-state index in [1.54, 1.807) is 4.68 Å². The standard InChI is InChI=1S/C8H13N5/c1-3-11-8-6(5-9)7(10)13(4-2)12-8/h3-4,10H2,1-2H3,(H,11,12). The molecule has 5 heteroatoms. The van der Waals surface area contributed by atoms with Crippen molar-refractivity contribution >= 4 is 11.6 Å². The summed E-state index contributed by atoms with van der Waals surface area (Å²) in [5.74, 6) is 1.00. The van der Waals surface area contributed by atoms with Gasteiger partial charge >= 0.3 is 0 Å². The zero-order valence-electron chi connectivity index (χ0n) is 7.83. The number of nitrogens with two attached hydrogens (primary N) is 1. The summed E-state index contributed by atoms with van der Waals surface area (Å²) in [6, 6.07) is 2.03. The van der Waals surface area contributed by atoms with Gasteiger partial charge in [0.1, 0.15) is 17.5 Å². The van der Waals surface area contributed by atoms with Crippen molar-refractivity contribution in [2.24, 2.45) is 0 Å². The van der Waals surface area contributed by atoms with Crippen LogP contribution in [0.1, 0.15) is 19.4 Å². The molecule has 0 aliphatic carbocycles. The summed E-state index contributed by atoms with van der Waals surface area (Å²) in [7, 11) is 0. The van der Waals surface area contributed by atoms with Gasteiger partial charge in [-0.15, -0.1) is 0 Å². The van der Waals surface area contributed by atoms with Gasteiger partial charge in [0, 0.05) is 13.1 Å². The lowest BCUT2D eigenvalue weighted by atomic mass is 10.3. The Morgan fingerprint density at radius 2 is 2.31 bits per heavy atom. The highest BCUT2D eigenvalue weighted by molar-refractivity contribution is 5.63. The van der Waals surface area contributed by atoms with E-state index in [2.05, 4.69) is 10.4 Å². The van der Waals surface area contributed by atoms with Gasteiger partial charge in [-0.3, -0.25) is 0 Å². The molecule has 0 unspecified atom stereocenters. The van der Waals surface area contributed by atoms with Crippen LogP contribution in [0.25, 0.3) is 0 Å². The second-order valence-electron chi connectivity index (χ2n) is 2.57. The fourth-order valence-electron chi connectivity index (χ4n) is 1.12. The van der Waals surface area contributed by atoms with Crippen LogP contribution in [0, 0.1) is 11.3 Å². The maximum absolute atomic E-state index is 8.81. The van der Waals surface area contributed by atoms with E-state index in [9.17, 15) is 0 Å². The first-order chi connectivity index (χ1) is 6.24. The van der Waals surface area contributed by atoms with E-state index in [0.717, 1.165) is 6.54 Å². The summed E-state index contributed by atoms with van der Waals surface area (Å²) in [6.45, 7) is 5.28. The van der Waals surface area contributed by atoms with Crippen molar-refractivity contribution in [3.8, 4) is 6.07 Å². The maximum atomic E-state index is 8.81. The van der Waals surface area contributed by atoms with Gasteiger partial charge in [-0.1, -0.05) is 0 Å². The Balaban J connectivity index is 3.13. The molecule has 0 amide bonds. The van der Waals surface area contributed by atoms with Crippen molar-refractivity contribution in [2.45, 2.75) is 20.4 Å². The monoisotopic (exact) mass is 179 g/mol. The predicted molar refractivity (Wildman–Crippen MR) is 51.2 cm³/mol. The number of aryl methyl sites for hydroxylation is 1. The van der Waals surface area contributed by atoms with Gasteiger partial charge in [-0.2, -0.15) is 10.4 Å². The number of anilines is 2. The molecule has 1 aromatic rings. The number of hydrogen-bond donors (Lipinski definition) is 2. The van der Waals surface area contributed by atoms with Crippen molar-refractivity contribution in [1.82, 2.24) is 9.78 Å². The summed E-state index contributed by atoms with van der Waals surface area (Å²) < 4.78 is 1.61. The molecule has 0 fully saturated rings. The van der Waals surface area contributed by atoms with Crippen LogP contribution in [-0.4, -0.2) is 16.3 Å². The number of nitrogens with one attached hydrogen (secondary N) is 1. The summed E-state index contributed by atoms with van der Waals surface area (Å²) in [4.78, 5) is 0. The molecular formula is C8H13N5. The summed E-state index contributed by atoms with van der Waals surface area (Å²) >= 11 is 0. The zero-order chi connectivity index (χ0) is 9.84. The third-order valence-electron chi connectivity index (χ3n) is 1.75. The van der Waals surface area contributed by atoms with E-state index >= 15 is 0 Å². The lowest BCUT2D eigenvalue weighted by molar-refractivity contribution is 0.671. The Morgan fingerprint density at radius 1 is 1.62 bits per heavy atom. The molecular weight excluding hydrogens is 166 g/mol. The van der Waals surface area contributed by atoms with Crippen LogP contribution < -0.4 is 11.1 Å². The molecule has 0 aromatic carbocycles. The molecule has 0 saturated heterocycles. The number of hydrogen-bond acceptors (Lipinski definition) is 4. The number of aromatic nitrogens is 2. The molecule has 5 nitrogen and oxygen atoms in total. The molecule has 0 aliphatic heterocycles. The summed E-state index contributed by atoms with van der Waals surface area (Å²) in [6.07, 6.45) is 0. The van der Waals surface area contributed by atoms with Crippen LogP contribution in [-0.2, 0) is 6.54 Å². The topological polar surface area (TPSA) is 79.7 Å². The molecule has 1 rings (SSSR count). The largest absolute Gasteiger partial charge is 0.383 e. The fourth-order valence-corrected chi connectivity index (χ4v) is 1.12. The third kappa shape index (κ3) is 1.56. The number of nitrogen functional groups attached to an aromatic ring is 1. The average Bonchev–Trinajstić information content (AvgIpc) is 2.43. The Morgan fingerprint density at radius 3 is 2.77 bits per heavy atom. The minimum atomic E-state index is 0.431. The van der Waals surface area contributed by atoms with Gasteiger partial charge in [0.15, 0.2) is 5.82 Å². The average molecular weight is 179 g/mol. The van der Waals surface area contributed by atoms with Gasteiger partial charge in [0.2, 0.25) is 0 Å². The van der Waals surface area contributed by atoms with Crippen LogP contribution in [0.4, 0.5) is 11.6 Å². The molecule has 1 aromatic heterocycles. The Labute approximate surface area is 77.1 Å². The minimum absolute atomic E-state index is 0.431. The van der Waals surface area contributed by atoms with Crippen LogP contribution >= 0.6 is 0 Å². The van der Waals surface area contributed by atoms with Crippen LogP contribution in [0.5, 0.6) is 0 Å². The van der Waals surface area contributed by atoms with E-state index < -0.39 is 0 Å². The normalized spacial score (nSPS) is 9.62. The first-order valence-corrected chi connectivity index (χ1v) is 4.24. The van der Waals surface area contributed by atoms with Crippen molar-refractivity contribution in [2.75, 3.05) is 17.6 Å². The van der Waals surface area contributed by atoms with Crippen molar-refractivity contribution < 1.29 is 0 Å². The first kappa shape index (κ1) is 9.39. The van der Waals surface area contributed by atoms with Crippen molar-refractivity contribution in [1.29, 1.82) is 5.26 Å². The van der Waals surface area contributed by atoms with Gasteiger partial charge in [-0.05, 0) is 13.8 Å². The van der Waals surface area contributed by atoms with Crippen molar-refractivity contribution in [3.63, 3.8) is 0 Å². The molecule has 0 aliphatic rings. The molecule has 0 atom stereocenters. The fraction of sp³-hybridized carbons (Fsp3) is 0.500. The quantitative estimate of drug-likeness (QED) is 0.718. The summed E-state index contributed by atoms with van der Waals surface area (Å²) in [5.41, 5.74) is 6.13. The molecule has 0 spiro atoms. The molecule has 0 bridgehead atoms. The second-order valence-corrected chi connectivity index (χ2v) is 2.57. The second kappa shape index (κ2) is 3.81. The Hall–Kier alpha value is -1.70. The SMILES string of the molecule is CCNc1nn(CC)c(N)c1C#N. The van der Waals surface area contributed by atoms with Crippen LogP contribution in [0.2, 0.25) is 0 Å². The number of rotatable bonds is 3. The van der Waals surface area contributed by atoms with Gasteiger partial charge in [0.25, 0.3) is 0 Å². The molecule has 0 saturated carbocycles. The molecule has 0 radical (unpaired) electrons. The van der Waals surface area contributed by atoms with Crippen LogP contribution in [0.3, 0.4) is 0 Å². The smallest absolute Gasteiger partial charge is 0.168 e. The van der Waals surface area contributed by atoms with E-state index in [1.807, 2.05) is 19.9 Å². The number of nitrogens with zero attached hydrogens (tertiary/aromatic N) is 3. The molecule has 3 N–H and O–H groups in total. The van der Waals surface area contributed by atoms with Gasteiger partial charge in [-0.25, -0.2) is 4.68 Å². The van der Waals surface area contributed by atoms with E-state index in [1.165, 1.54) is 0 Å². The highest BCUT2D eigenvalue weighted by Crippen LogP contribution is 2.19. The lowest BCUT2D eigenvalue weighted by Gasteiger charge is -1.96. The van der Waals surface area contributed by atoms with E-state index in [4.69, 9.17) is 11.0 Å².